The first kappa shape index (κ1) is 15.0. The minimum Gasteiger partial charge on any atom is -0.389 e. The van der Waals surface area contributed by atoms with Gasteiger partial charge in [0.2, 0.25) is 10.0 Å². The lowest BCUT2D eigenvalue weighted by Gasteiger charge is -2.22. The van der Waals surface area contributed by atoms with Gasteiger partial charge in [-0.25, -0.2) is 13.1 Å². The van der Waals surface area contributed by atoms with Gasteiger partial charge < -0.3 is 15.4 Å². The van der Waals surface area contributed by atoms with Crippen molar-refractivity contribution in [2.45, 2.75) is 36.2 Å². The molecule has 1 aliphatic carbocycles. The van der Waals surface area contributed by atoms with Crippen LogP contribution < -0.4 is 10.5 Å². The van der Waals surface area contributed by atoms with Crippen molar-refractivity contribution in [3.63, 3.8) is 0 Å². The van der Waals surface area contributed by atoms with Gasteiger partial charge in [-0.15, -0.1) is 0 Å². The second-order valence-corrected chi connectivity index (χ2v) is 7.06. The van der Waals surface area contributed by atoms with Crippen LogP contribution in [0.4, 0.5) is 0 Å². The van der Waals surface area contributed by atoms with Crippen molar-refractivity contribution in [1.82, 2.24) is 9.29 Å². The quantitative estimate of drug-likeness (QED) is 0.693. The number of amides is 1. The predicted octanol–water partition coefficient (Wildman–Crippen LogP) is -0.293. The normalized spacial score (nSPS) is 18.3. The molecule has 0 radical (unpaired) electrons. The van der Waals surface area contributed by atoms with E-state index in [2.05, 4.69) is 4.72 Å². The minimum absolute atomic E-state index is 0.0177. The summed E-state index contributed by atoms with van der Waals surface area (Å²) in [6.07, 6.45) is 4.31. The first-order valence-electron chi connectivity index (χ1n) is 6.42. The summed E-state index contributed by atoms with van der Waals surface area (Å²) < 4.78 is 28.0. The van der Waals surface area contributed by atoms with E-state index in [9.17, 15) is 18.3 Å². The van der Waals surface area contributed by atoms with E-state index >= 15 is 0 Å². The van der Waals surface area contributed by atoms with Crippen LogP contribution in [0.3, 0.4) is 0 Å². The number of aryl methyl sites for hydroxylation is 1. The van der Waals surface area contributed by atoms with Crippen molar-refractivity contribution in [1.29, 1.82) is 0 Å². The molecule has 1 aliphatic rings. The molecule has 20 heavy (non-hydrogen) atoms. The molecule has 0 spiro atoms. The highest BCUT2D eigenvalue weighted by atomic mass is 32.2. The van der Waals surface area contributed by atoms with Gasteiger partial charge in [-0.3, -0.25) is 4.79 Å². The zero-order valence-electron chi connectivity index (χ0n) is 11.3. The summed E-state index contributed by atoms with van der Waals surface area (Å²) in [7, 11) is -2.21. The molecule has 1 aromatic rings. The number of sulfonamides is 1. The summed E-state index contributed by atoms with van der Waals surface area (Å²) in [6, 6.07) is 1.23. The third-order valence-corrected chi connectivity index (χ3v) is 5.04. The molecule has 8 heteroatoms. The molecule has 7 nitrogen and oxygen atoms in total. The fourth-order valence-corrected chi connectivity index (χ4v) is 3.64. The molecule has 1 fully saturated rings. The summed E-state index contributed by atoms with van der Waals surface area (Å²) in [4.78, 5) is 11.1. The molecule has 0 aliphatic heterocycles. The average molecular weight is 301 g/mol. The van der Waals surface area contributed by atoms with Crippen LogP contribution in [-0.2, 0) is 17.1 Å². The summed E-state index contributed by atoms with van der Waals surface area (Å²) >= 11 is 0. The summed E-state index contributed by atoms with van der Waals surface area (Å²) in [6.45, 7) is -0.0177. The van der Waals surface area contributed by atoms with Crippen LogP contribution in [0, 0.1) is 0 Å². The molecular weight excluding hydrogens is 282 g/mol. The van der Waals surface area contributed by atoms with Gasteiger partial charge in [0.25, 0.3) is 5.91 Å². The van der Waals surface area contributed by atoms with E-state index in [1.165, 1.54) is 16.8 Å². The van der Waals surface area contributed by atoms with Gasteiger partial charge in [0.1, 0.15) is 10.6 Å². The van der Waals surface area contributed by atoms with Gasteiger partial charge in [0.05, 0.1) is 5.60 Å². The molecule has 0 unspecified atom stereocenters. The lowest BCUT2D eigenvalue weighted by Crippen LogP contribution is -2.40. The van der Waals surface area contributed by atoms with Crippen molar-refractivity contribution >= 4 is 15.9 Å². The number of primary amides is 1. The lowest BCUT2D eigenvalue weighted by molar-refractivity contribution is 0.0531. The van der Waals surface area contributed by atoms with E-state index in [1.807, 2.05) is 0 Å². The van der Waals surface area contributed by atoms with Crippen LogP contribution in [0.15, 0.2) is 17.2 Å². The van der Waals surface area contributed by atoms with E-state index < -0.39 is 21.5 Å². The highest BCUT2D eigenvalue weighted by Crippen LogP contribution is 2.29. The number of nitrogens with zero attached hydrogens (tertiary/aromatic N) is 1. The molecule has 4 N–H and O–H groups in total. The van der Waals surface area contributed by atoms with Crippen molar-refractivity contribution < 1.29 is 18.3 Å². The molecule has 1 heterocycles. The van der Waals surface area contributed by atoms with E-state index in [4.69, 9.17) is 5.73 Å². The van der Waals surface area contributed by atoms with Crippen LogP contribution in [0.5, 0.6) is 0 Å². The topological polar surface area (TPSA) is 114 Å². The monoisotopic (exact) mass is 301 g/mol. The number of nitrogens with two attached hydrogens (primary N) is 1. The number of aliphatic hydroxyl groups is 1. The van der Waals surface area contributed by atoms with Gasteiger partial charge in [-0.2, -0.15) is 0 Å². The molecular formula is C12H19N3O4S. The number of carbonyl (C=O) groups is 1. The van der Waals surface area contributed by atoms with Gasteiger partial charge in [0.15, 0.2) is 0 Å². The van der Waals surface area contributed by atoms with Crippen molar-refractivity contribution in [3.8, 4) is 0 Å². The van der Waals surface area contributed by atoms with E-state index in [0.717, 1.165) is 12.8 Å². The fourth-order valence-electron chi connectivity index (χ4n) is 2.45. The molecule has 0 aromatic carbocycles. The Kier molecular flexibility index (Phi) is 3.90. The fraction of sp³-hybridized carbons (Fsp3) is 0.583. The lowest BCUT2D eigenvalue weighted by atomic mass is 10.0. The third kappa shape index (κ3) is 3.02. The molecule has 112 valence electrons. The number of hydrogen-bond acceptors (Lipinski definition) is 4. The maximum Gasteiger partial charge on any atom is 0.265 e. The zero-order chi connectivity index (χ0) is 15.0. The number of nitrogens with one attached hydrogen (secondary N) is 1. The maximum absolute atomic E-state index is 12.1. The van der Waals surface area contributed by atoms with Crippen LogP contribution in [-0.4, -0.2) is 36.1 Å². The molecule has 2 rings (SSSR count). The molecule has 1 aromatic heterocycles. The first-order chi connectivity index (χ1) is 9.23. The van der Waals surface area contributed by atoms with Crippen molar-refractivity contribution in [2.75, 3.05) is 6.54 Å². The van der Waals surface area contributed by atoms with Crippen molar-refractivity contribution in [3.05, 3.63) is 18.0 Å². The van der Waals surface area contributed by atoms with Crippen molar-refractivity contribution in [2.24, 2.45) is 12.8 Å². The number of hydrogen-bond donors (Lipinski definition) is 3. The van der Waals surface area contributed by atoms with E-state index in [-0.39, 0.29) is 17.1 Å². The Hall–Kier alpha value is -1.38. The Bertz CT molecular complexity index is 615. The zero-order valence-corrected chi connectivity index (χ0v) is 12.1. The highest BCUT2D eigenvalue weighted by Gasteiger charge is 2.32. The van der Waals surface area contributed by atoms with Crippen LogP contribution >= 0.6 is 0 Å². The van der Waals surface area contributed by atoms with Crippen LogP contribution in [0.25, 0.3) is 0 Å². The second kappa shape index (κ2) is 5.19. The molecule has 0 atom stereocenters. The van der Waals surface area contributed by atoms with E-state index in [0.29, 0.717) is 12.8 Å². The van der Waals surface area contributed by atoms with Gasteiger partial charge in [-0.05, 0) is 18.9 Å². The van der Waals surface area contributed by atoms with Crippen LogP contribution in [0.1, 0.15) is 36.2 Å². The van der Waals surface area contributed by atoms with Gasteiger partial charge in [0, 0.05) is 19.8 Å². The summed E-state index contributed by atoms with van der Waals surface area (Å²) in [5, 5.41) is 10.1. The average Bonchev–Trinajstić information content (AvgIpc) is 2.94. The highest BCUT2D eigenvalue weighted by molar-refractivity contribution is 7.89. The third-order valence-electron chi connectivity index (χ3n) is 3.67. The largest absolute Gasteiger partial charge is 0.389 e. The number of carbonyl (C=O) groups excluding carboxylic acids is 1. The standard InChI is InChI=1S/C12H19N3O4S/c1-15-7-9(6-10(15)11(13)16)20(18,19)14-8-12(17)4-2-3-5-12/h6-7,14,17H,2-5,8H2,1H3,(H2,13,16). The SMILES string of the molecule is Cn1cc(S(=O)(=O)NCC2(O)CCCC2)cc1C(N)=O. The summed E-state index contributed by atoms with van der Waals surface area (Å²) in [5.74, 6) is -0.691. The second-order valence-electron chi connectivity index (χ2n) is 5.29. The maximum atomic E-state index is 12.1. The predicted molar refractivity (Wildman–Crippen MR) is 72.5 cm³/mol. The Labute approximate surface area is 117 Å². The smallest absolute Gasteiger partial charge is 0.265 e. The van der Waals surface area contributed by atoms with Gasteiger partial charge >= 0.3 is 0 Å². The van der Waals surface area contributed by atoms with Crippen LogP contribution in [0.2, 0.25) is 0 Å². The number of rotatable bonds is 5. The summed E-state index contributed by atoms with van der Waals surface area (Å²) in [5.41, 5.74) is 4.30. The minimum atomic E-state index is -3.76. The molecule has 0 saturated heterocycles. The molecule has 1 saturated carbocycles. The number of aromatic nitrogens is 1. The molecule has 0 bridgehead atoms. The van der Waals surface area contributed by atoms with Gasteiger partial charge in [-0.1, -0.05) is 12.8 Å². The Morgan fingerprint density at radius 1 is 1.50 bits per heavy atom. The first-order valence-corrected chi connectivity index (χ1v) is 7.90. The molecule has 1 amide bonds. The Morgan fingerprint density at radius 3 is 2.60 bits per heavy atom. The van der Waals surface area contributed by atoms with E-state index in [1.54, 1.807) is 7.05 Å². The Morgan fingerprint density at radius 2 is 2.10 bits per heavy atom. The Balaban J connectivity index is 2.14.